The van der Waals surface area contributed by atoms with Gasteiger partial charge in [-0.3, -0.25) is 14.5 Å². The van der Waals surface area contributed by atoms with Crippen molar-refractivity contribution in [2.24, 2.45) is 5.92 Å². The summed E-state index contributed by atoms with van der Waals surface area (Å²) in [6.07, 6.45) is 2.27. The third-order valence-electron chi connectivity index (χ3n) is 5.93. The molecule has 0 spiro atoms. The molecule has 0 N–H and O–H groups in total. The number of aryl methyl sites for hydroxylation is 2. The molecule has 156 valence electrons. The number of benzene rings is 3. The van der Waals surface area contributed by atoms with Crippen LogP contribution in [0, 0.1) is 5.92 Å². The molecule has 2 aliphatic heterocycles. The first-order valence-corrected chi connectivity index (χ1v) is 10.6. The van der Waals surface area contributed by atoms with Gasteiger partial charge in [0, 0.05) is 0 Å². The van der Waals surface area contributed by atoms with Crippen LogP contribution in [0.2, 0.25) is 0 Å². The molecule has 5 rings (SSSR count). The number of fused-ring (bicyclic) bond motifs is 3. The highest BCUT2D eigenvalue weighted by Crippen LogP contribution is 2.36. The van der Waals surface area contributed by atoms with Crippen molar-refractivity contribution < 1.29 is 19.1 Å². The molecule has 1 atom stereocenters. The summed E-state index contributed by atoms with van der Waals surface area (Å²) in [7, 11) is 0. The van der Waals surface area contributed by atoms with Gasteiger partial charge in [0.05, 0.1) is 17.3 Å². The van der Waals surface area contributed by atoms with Crippen LogP contribution < -0.4 is 9.64 Å². The van der Waals surface area contributed by atoms with Gasteiger partial charge in [-0.15, -0.1) is 0 Å². The van der Waals surface area contributed by atoms with Crippen molar-refractivity contribution in [1.82, 2.24) is 0 Å². The second-order valence-electron chi connectivity index (χ2n) is 7.91. The van der Waals surface area contributed by atoms with Crippen LogP contribution in [0.15, 0.2) is 72.8 Å². The van der Waals surface area contributed by atoms with Gasteiger partial charge in [-0.05, 0) is 54.2 Å². The second kappa shape index (κ2) is 8.26. The Kier molecular flexibility index (Phi) is 5.16. The maximum atomic E-state index is 13.3. The summed E-state index contributed by atoms with van der Waals surface area (Å²) in [5.74, 6) is -0.265. The highest BCUT2D eigenvalue weighted by atomic mass is 16.5. The third kappa shape index (κ3) is 3.79. The van der Waals surface area contributed by atoms with Crippen LogP contribution in [0.5, 0.6) is 5.75 Å². The van der Waals surface area contributed by atoms with Crippen LogP contribution in [0.25, 0.3) is 0 Å². The standard InChI is InChI=1S/C26H23NO4/c28-25(17-31-26(29)21-15-20-9-3-6-12-24(20)30-16-21)27-22-10-4-1-7-18(22)13-14-19-8-2-5-11-23(19)27/h1-12,21H,13-17H2. The quantitative estimate of drug-likeness (QED) is 0.603. The average Bonchev–Trinajstić information content (AvgIpc) is 2.99. The van der Waals surface area contributed by atoms with E-state index in [-0.39, 0.29) is 19.1 Å². The number of esters is 1. The molecule has 0 aliphatic carbocycles. The number of rotatable bonds is 3. The second-order valence-corrected chi connectivity index (χ2v) is 7.91. The lowest BCUT2D eigenvalue weighted by Crippen LogP contribution is -2.35. The van der Waals surface area contributed by atoms with Crippen molar-refractivity contribution in [3.8, 4) is 5.75 Å². The topological polar surface area (TPSA) is 55.8 Å². The van der Waals surface area contributed by atoms with Gasteiger partial charge >= 0.3 is 5.97 Å². The lowest BCUT2D eigenvalue weighted by molar-refractivity contribution is -0.153. The van der Waals surface area contributed by atoms with Crippen molar-refractivity contribution in [3.05, 3.63) is 89.5 Å². The number of amides is 1. The fraction of sp³-hybridized carbons (Fsp3) is 0.231. The molecule has 3 aromatic carbocycles. The zero-order valence-corrected chi connectivity index (χ0v) is 17.1. The first-order chi connectivity index (χ1) is 15.2. The summed E-state index contributed by atoms with van der Waals surface area (Å²) in [6, 6.07) is 23.5. The van der Waals surface area contributed by atoms with E-state index < -0.39 is 11.9 Å². The van der Waals surface area contributed by atoms with Crippen LogP contribution in [-0.4, -0.2) is 25.1 Å². The normalized spacial score (nSPS) is 16.8. The van der Waals surface area contributed by atoms with Crippen LogP contribution >= 0.6 is 0 Å². The molecular weight excluding hydrogens is 390 g/mol. The molecular formula is C26H23NO4. The van der Waals surface area contributed by atoms with Gasteiger partial charge in [0.1, 0.15) is 12.4 Å². The van der Waals surface area contributed by atoms with Crippen LogP contribution in [0.4, 0.5) is 11.4 Å². The monoisotopic (exact) mass is 413 g/mol. The number of anilines is 2. The number of para-hydroxylation sites is 3. The van der Waals surface area contributed by atoms with Crippen molar-refractivity contribution in [2.45, 2.75) is 19.3 Å². The van der Waals surface area contributed by atoms with Crippen molar-refractivity contribution in [2.75, 3.05) is 18.1 Å². The first kappa shape index (κ1) is 19.4. The van der Waals surface area contributed by atoms with Gasteiger partial charge in [0.15, 0.2) is 6.61 Å². The molecule has 1 amide bonds. The number of hydrogen-bond donors (Lipinski definition) is 0. The van der Waals surface area contributed by atoms with E-state index in [4.69, 9.17) is 9.47 Å². The fourth-order valence-electron chi connectivity index (χ4n) is 4.34. The molecule has 3 aromatic rings. The highest BCUT2D eigenvalue weighted by Gasteiger charge is 2.30. The minimum atomic E-state index is -0.411. The molecule has 0 bridgehead atoms. The zero-order valence-electron chi connectivity index (χ0n) is 17.1. The highest BCUT2D eigenvalue weighted by molar-refractivity contribution is 6.03. The van der Waals surface area contributed by atoms with E-state index in [0.29, 0.717) is 6.42 Å². The molecule has 0 saturated carbocycles. The minimum Gasteiger partial charge on any atom is -0.492 e. The van der Waals surface area contributed by atoms with Gasteiger partial charge < -0.3 is 9.47 Å². The molecule has 1 unspecified atom stereocenters. The zero-order chi connectivity index (χ0) is 21.2. The molecule has 0 aromatic heterocycles. The van der Waals surface area contributed by atoms with E-state index in [0.717, 1.165) is 46.7 Å². The van der Waals surface area contributed by atoms with E-state index in [9.17, 15) is 9.59 Å². The maximum Gasteiger partial charge on any atom is 0.313 e. The van der Waals surface area contributed by atoms with E-state index in [2.05, 4.69) is 0 Å². The van der Waals surface area contributed by atoms with Gasteiger partial charge in [-0.2, -0.15) is 0 Å². The molecule has 0 fully saturated rings. The molecule has 2 heterocycles. The SMILES string of the molecule is O=C(OCC(=O)N1c2ccccc2CCc2ccccc21)C1COc2ccccc2C1. The third-order valence-corrected chi connectivity index (χ3v) is 5.93. The predicted molar refractivity (Wildman–Crippen MR) is 118 cm³/mol. The first-order valence-electron chi connectivity index (χ1n) is 10.6. The Labute approximate surface area is 181 Å². The Hall–Kier alpha value is -3.60. The van der Waals surface area contributed by atoms with E-state index in [1.165, 1.54) is 0 Å². The van der Waals surface area contributed by atoms with Gasteiger partial charge in [-0.25, -0.2) is 0 Å². The number of nitrogens with zero attached hydrogens (tertiary/aromatic N) is 1. The maximum absolute atomic E-state index is 13.3. The summed E-state index contributed by atoms with van der Waals surface area (Å²) in [5, 5.41) is 0. The van der Waals surface area contributed by atoms with Crippen LogP contribution in [0.3, 0.4) is 0 Å². The van der Waals surface area contributed by atoms with Gasteiger partial charge in [0.25, 0.3) is 5.91 Å². The van der Waals surface area contributed by atoms with Crippen LogP contribution in [0.1, 0.15) is 16.7 Å². The predicted octanol–water partition coefficient (Wildman–Crippen LogP) is 4.24. The smallest absolute Gasteiger partial charge is 0.313 e. The lowest BCUT2D eigenvalue weighted by Gasteiger charge is -2.26. The largest absolute Gasteiger partial charge is 0.492 e. The number of hydrogen-bond acceptors (Lipinski definition) is 4. The van der Waals surface area contributed by atoms with Gasteiger partial charge in [-0.1, -0.05) is 54.6 Å². The number of ether oxygens (including phenoxy) is 2. The van der Waals surface area contributed by atoms with E-state index in [1.807, 2.05) is 72.8 Å². The summed E-state index contributed by atoms with van der Waals surface area (Å²) < 4.78 is 11.2. The summed E-state index contributed by atoms with van der Waals surface area (Å²) >= 11 is 0. The van der Waals surface area contributed by atoms with Crippen molar-refractivity contribution in [1.29, 1.82) is 0 Å². The molecule has 0 radical (unpaired) electrons. The molecule has 5 heteroatoms. The van der Waals surface area contributed by atoms with Crippen LogP contribution in [-0.2, 0) is 33.6 Å². The molecule has 31 heavy (non-hydrogen) atoms. The van der Waals surface area contributed by atoms with Gasteiger partial charge in [0.2, 0.25) is 0 Å². The van der Waals surface area contributed by atoms with E-state index in [1.54, 1.807) is 4.90 Å². The van der Waals surface area contributed by atoms with Crippen molar-refractivity contribution >= 4 is 23.3 Å². The molecule has 2 aliphatic rings. The Bertz CT molecular complexity index is 1090. The Morgan fingerprint density at radius 1 is 0.839 bits per heavy atom. The number of carbonyl (C=O) groups is 2. The fourth-order valence-corrected chi connectivity index (χ4v) is 4.34. The Morgan fingerprint density at radius 3 is 2.10 bits per heavy atom. The molecule has 5 nitrogen and oxygen atoms in total. The minimum absolute atomic E-state index is 0.257. The Morgan fingerprint density at radius 2 is 1.42 bits per heavy atom. The Balaban J connectivity index is 1.33. The summed E-state index contributed by atoms with van der Waals surface area (Å²) in [6.45, 7) is -0.0426. The summed E-state index contributed by atoms with van der Waals surface area (Å²) in [5.41, 5.74) is 4.90. The lowest BCUT2D eigenvalue weighted by atomic mass is 9.97. The van der Waals surface area contributed by atoms with E-state index >= 15 is 0 Å². The number of carbonyl (C=O) groups excluding carboxylic acids is 2. The molecule has 0 saturated heterocycles. The van der Waals surface area contributed by atoms with Crippen molar-refractivity contribution in [3.63, 3.8) is 0 Å². The average molecular weight is 413 g/mol. The summed E-state index contributed by atoms with van der Waals surface area (Å²) in [4.78, 5) is 27.7.